The van der Waals surface area contributed by atoms with Crippen LogP contribution < -0.4 is 18.9 Å². The van der Waals surface area contributed by atoms with Gasteiger partial charge in [0.25, 0.3) is 0 Å². The summed E-state index contributed by atoms with van der Waals surface area (Å²) in [7, 11) is 0. The Morgan fingerprint density at radius 3 is 2.25 bits per heavy atom. The van der Waals surface area contributed by atoms with E-state index in [0.29, 0.717) is 0 Å². The van der Waals surface area contributed by atoms with Crippen molar-refractivity contribution in [3.8, 4) is 0 Å². The predicted octanol–water partition coefficient (Wildman–Crippen LogP) is -1.62. The Hall–Kier alpha value is 0.557. The molecule has 2 heteroatoms. The molecule has 0 spiro atoms. The smallest absolute Gasteiger partial charge is 0.425 e. The summed E-state index contributed by atoms with van der Waals surface area (Å²) in [5, 5.41) is 8.57. The fourth-order valence-electron chi connectivity index (χ4n) is 0.440. The number of unbranched alkanes of at least 4 members (excludes halogenated alkanes) is 1. The van der Waals surface area contributed by atoms with Crippen molar-refractivity contribution in [2.75, 3.05) is 0 Å². The standard InChI is InChI=1S/C6H13O.Li/c1-3-4-5-6(2)7;/h6-7H,2-5H2,1H3;/q-1;+1. The fraction of sp³-hybridized carbons (Fsp3) is 0.833. The summed E-state index contributed by atoms with van der Waals surface area (Å²) in [6, 6.07) is 0. The molecule has 0 aromatic carbocycles. The van der Waals surface area contributed by atoms with Gasteiger partial charge in [-0.1, -0.05) is 32.3 Å². The molecular formula is C6H13LiO. The second-order valence-electron chi connectivity index (χ2n) is 1.80. The largest absolute Gasteiger partial charge is 1.00 e. The van der Waals surface area contributed by atoms with Crippen LogP contribution in [0.1, 0.15) is 26.2 Å². The molecule has 0 aromatic rings. The minimum Gasteiger partial charge on any atom is -0.425 e. The summed E-state index contributed by atoms with van der Waals surface area (Å²) in [5.74, 6) is 0. The Bertz CT molecular complexity index is 37.5. The second-order valence-corrected chi connectivity index (χ2v) is 1.80. The van der Waals surface area contributed by atoms with Gasteiger partial charge in [0.05, 0.1) is 0 Å². The van der Waals surface area contributed by atoms with Crippen molar-refractivity contribution >= 4 is 0 Å². The van der Waals surface area contributed by atoms with E-state index in [1.165, 1.54) is 0 Å². The zero-order valence-corrected chi connectivity index (χ0v) is 5.85. The number of rotatable bonds is 3. The molecule has 0 saturated carbocycles. The summed E-state index contributed by atoms with van der Waals surface area (Å²) >= 11 is 0. The molecule has 1 nitrogen and oxygen atoms in total. The van der Waals surface area contributed by atoms with Gasteiger partial charge < -0.3 is 12.0 Å². The van der Waals surface area contributed by atoms with Crippen LogP contribution in [-0.2, 0) is 0 Å². The quantitative estimate of drug-likeness (QED) is 0.340. The molecule has 0 bridgehead atoms. The molecule has 44 valence electrons. The van der Waals surface area contributed by atoms with Crippen LogP contribution in [0.15, 0.2) is 0 Å². The predicted molar refractivity (Wildman–Crippen MR) is 30.9 cm³/mol. The third kappa shape index (κ3) is 9.75. The molecule has 0 aliphatic heterocycles. The van der Waals surface area contributed by atoms with E-state index in [1.54, 1.807) is 0 Å². The topological polar surface area (TPSA) is 20.2 Å². The third-order valence-corrected chi connectivity index (χ3v) is 0.891. The van der Waals surface area contributed by atoms with Crippen LogP contribution in [0.5, 0.6) is 0 Å². The molecule has 0 rings (SSSR count). The molecular weight excluding hydrogens is 95.0 g/mol. The van der Waals surface area contributed by atoms with Gasteiger partial charge in [0.1, 0.15) is 0 Å². The van der Waals surface area contributed by atoms with Gasteiger partial charge in [0, 0.05) is 0 Å². The van der Waals surface area contributed by atoms with Crippen LogP contribution in [0.25, 0.3) is 0 Å². The van der Waals surface area contributed by atoms with E-state index in [2.05, 4.69) is 13.8 Å². The number of aliphatic hydroxyl groups is 1. The number of aliphatic hydroxyl groups excluding tert-OH is 1. The SMILES string of the molecule is [CH2-]C(O)CCCC.[Li+]. The van der Waals surface area contributed by atoms with Gasteiger partial charge in [0.15, 0.2) is 0 Å². The summed E-state index contributed by atoms with van der Waals surface area (Å²) < 4.78 is 0. The molecule has 0 heterocycles. The van der Waals surface area contributed by atoms with Gasteiger partial charge >= 0.3 is 18.9 Å². The van der Waals surface area contributed by atoms with Crippen molar-refractivity contribution in [1.29, 1.82) is 0 Å². The van der Waals surface area contributed by atoms with Crippen molar-refractivity contribution in [1.82, 2.24) is 0 Å². The molecule has 0 saturated heterocycles. The van der Waals surface area contributed by atoms with E-state index in [1.807, 2.05) is 0 Å². The van der Waals surface area contributed by atoms with Crippen molar-refractivity contribution in [2.24, 2.45) is 0 Å². The maximum absolute atomic E-state index is 8.57. The van der Waals surface area contributed by atoms with Crippen molar-refractivity contribution in [3.05, 3.63) is 6.92 Å². The molecule has 0 fully saturated rings. The maximum atomic E-state index is 8.57. The van der Waals surface area contributed by atoms with Gasteiger partial charge in [-0.25, -0.2) is 0 Å². The van der Waals surface area contributed by atoms with Gasteiger partial charge in [-0.2, -0.15) is 0 Å². The van der Waals surface area contributed by atoms with Gasteiger partial charge in [-0.3, -0.25) is 0 Å². The monoisotopic (exact) mass is 108 g/mol. The number of hydrogen-bond acceptors (Lipinski definition) is 1. The average Bonchev–Trinajstić information content (AvgIpc) is 1.61. The summed E-state index contributed by atoms with van der Waals surface area (Å²) in [4.78, 5) is 0. The van der Waals surface area contributed by atoms with Crippen LogP contribution in [0, 0.1) is 6.92 Å². The molecule has 1 N–H and O–H groups in total. The Morgan fingerprint density at radius 1 is 1.62 bits per heavy atom. The van der Waals surface area contributed by atoms with Crippen LogP contribution in [0.2, 0.25) is 0 Å². The van der Waals surface area contributed by atoms with Gasteiger partial charge in [-0.05, 0) is 0 Å². The zero-order valence-electron chi connectivity index (χ0n) is 5.85. The van der Waals surface area contributed by atoms with Crippen LogP contribution in [0.3, 0.4) is 0 Å². The normalized spacial score (nSPS) is 12.4. The minimum atomic E-state index is -0.347. The van der Waals surface area contributed by atoms with Gasteiger partial charge in [-0.15, -0.1) is 0 Å². The molecule has 1 atom stereocenters. The Morgan fingerprint density at radius 2 is 2.12 bits per heavy atom. The second kappa shape index (κ2) is 7.56. The maximum Gasteiger partial charge on any atom is 1.00 e. The summed E-state index contributed by atoms with van der Waals surface area (Å²) in [5.41, 5.74) is 0. The number of hydrogen-bond donors (Lipinski definition) is 1. The van der Waals surface area contributed by atoms with E-state index >= 15 is 0 Å². The summed E-state index contributed by atoms with van der Waals surface area (Å²) in [6.45, 7) is 5.53. The van der Waals surface area contributed by atoms with Gasteiger partial charge in [0.2, 0.25) is 0 Å². The first-order chi connectivity index (χ1) is 3.27. The first-order valence-electron chi connectivity index (χ1n) is 2.78. The molecule has 0 amide bonds. The van der Waals surface area contributed by atoms with Crippen LogP contribution in [0.4, 0.5) is 0 Å². The molecule has 1 unspecified atom stereocenters. The van der Waals surface area contributed by atoms with E-state index in [4.69, 9.17) is 5.11 Å². The van der Waals surface area contributed by atoms with E-state index in [-0.39, 0.29) is 25.0 Å². The summed E-state index contributed by atoms with van der Waals surface area (Å²) in [6.07, 6.45) is 2.73. The third-order valence-electron chi connectivity index (χ3n) is 0.891. The Kier molecular flexibility index (Phi) is 10.7. The molecule has 0 aliphatic carbocycles. The van der Waals surface area contributed by atoms with Crippen LogP contribution >= 0.6 is 0 Å². The van der Waals surface area contributed by atoms with E-state index in [9.17, 15) is 0 Å². The average molecular weight is 108 g/mol. The van der Waals surface area contributed by atoms with Crippen LogP contribution in [-0.4, -0.2) is 11.2 Å². The fourth-order valence-corrected chi connectivity index (χ4v) is 0.440. The molecule has 8 heavy (non-hydrogen) atoms. The molecule has 0 aromatic heterocycles. The molecule has 0 radical (unpaired) electrons. The first-order valence-corrected chi connectivity index (χ1v) is 2.78. The Balaban J connectivity index is 0. The first kappa shape index (κ1) is 11.4. The minimum absolute atomic E-state index is 0. The molecule has 0 aliphatic rings. The Labute approximate surface area is 63.7 Å². The van der Waals surface area contributed by atoms with E-state index < -0.39 is 0 Å². The zero-order chi connectivity index (χ0) is 5.70. The van der Waals surface area contributed by atoms with Crippen molar-refractivity contribution in [3.63, 3.8) is 0 Å². The van der Waals surface area contributed by atoms with E-state index in [0.717, 1.165) is 19.3 Å². The van der Waals surface area contributed by atoms with Crippen molar-refractivity contribution in [2.45, 2.75) is 32.3 Å². The van der Waals surface area contributed by atoms with Crippen molar-refractivity contribution < 1.29 is 24.0 Å².